The first kappa shape index (κ1) is 14.3. The molecule has 1 unspecified atom stereocenters. The molecule has 0 aliphatic carbocycles. The number of piperidine rings is 1. The summed E-state index contributed by atoms with van der Waals surface area (Å²) in [6, 6.07) is 0.442. The number of aromatic nitrogens is 3. The zero-order valence-corrected chi connectivity index (χ0v) is 13.0. The third kappa shape index (κ3) is 3.18. The summed E-state index contributed by atoms with van der Waals surface area (Å²) >= 11 is 0. The molecule has 1 aromatic rings. The van der Waals surface area contributed by atoms with E-state index in [0.717, 1.165) is 25.6 Å². The summed E-state index contributed by atoms with van der Waals surface area (Å²) in [7, 11) is 4.23. The SMILES string of the molecule is CN1CCCC(N(C)c2nc(N)nc(N3CCCC3)n2)C1. The Hall–Kier alpha value is -1.63. The fourth-order valence-electron chi connectivity index (χ4n) is 3.20. The van der Waals surface area contributed by atoms with Gasteiger partial charge in [0.2, 0.25) is 17.8 Å². The van der Waals surface area contributed by atoms with Crippen molar-refractivity contribution in [2.75, 3.05) is 55.8 Å². The average Bonchev–Trinajstić information content (AvgIpc) is 3.00. The normalized spacial score (nSPS) is 23.5. The smallest absolute Gasteiger partial charge is 0.231 e. The van der Waals surface area contributed by atoms with Crippen molar-refractivity contribution in [2.45, 2.75) is 31.7 Å². The van der Waals surface area contributed by atoms with E-state index in [9.17, 15) is 0 Å². The van der Waals surface area contributed by atoms with Crippen LogP contribution in [0.3, 0.4) is 0 Å². The number of nitrogens with two attached hydrogens (primary N) is 1. The van der Waals surface area contributed by atoms with Crippen LogP contribution in [0.2, 0.25) is 0 Å². The van der Waals surface area contributed by atoms with Crippen LogP contribution in [0.15, 0.2) is 0 Å². The maximum atomic E-state index is 5.90. The number of nitrogen functional groups attached to an aromatic ring is 1. The van der Waals surface area contributed by atoms with Gasteiger partial charge in [0.1, 0.15) is 0 Å². The van der Waals surface area contributed by atoms with Crippen LogP contribution in [0.1, 0.15) is 25.7 Å². The van der Waals surface area contributed by atoms with Gasteiger partial charge in [-0.25, -0.2) is 0 Å². The van der Waals surface area contributed by atoms with Crippen LogP contribution >= 0.6 is 0 Å². The maximum Gasteiger partial charge on any atom is 0.231 e. The zero-order chi connectivity index (χ0) is 14.8. The minimum absolute atomic E-state index is 0.318. The number of hydrogen-bond acceptors (Lipinski definition) is 7. The monoisotopic (exact) mass is 291 g/mol. The maximum absolute atomic E-state index is 5.90. The third-order valence-corrected chi connectivity index (χ3v) is 4.48. The Kier molecular flexibility index (Phi) is 4.10. The van der Waals surface area contributed by atoms with Crippen molar-refractivity contribution < 1.29 is 0 Å². The van der Waals surface area contributed by atoms with Gasteiger partial charge in [0.15, 0.2) is 0 Å². The van der Waals surface area contributed by atoms with Crippen LogP contribution in [-0.2, 0) is 0 Å². The van der Waals surface area contributed by atoms with Gasteiger partial charge in [-0.2, -0.15) is 15.0 Å². The average molecular weight is 291 g/mol. The Morgan fingerprint density at radius 3 is 2.57 bits per heavy atom. The largest absolute Gasteiger partial charge is 0.368 e. The van der Waals surface area contributed by atoms with E-state index >= 15 is 0 Å². The fourth-order valence-corrected chi connectivity index (χ4v) is 3.20. The summed E-state index contributed by atoms with van der Waals surface area (Å²) < 4.78 is 0. The van der Waals surface area contributed by atoms with E-state index in [-0.39, 0.29) is 0 Å². The summed E-state index contributed by atoms with van der Waals surface area (Å²) in [6.45, 7) is 4.24. The van der Waals surface area contributed by atoms with E-state index in [1.165, 1.54) is 32.2 Å². The third-order valence-electron chi connectivity index (χ3n) is 4.48. The molecular weight excluding hydrogens is 266 g/mol. The first-order valence-corrected chi connectivity index (χ1v) is 7.81. The number of anilines is 3. The predicted molar refractivity (Wildman–Crippen MR) is 84.6 cm³/mol. The summed E-state index contributed by atoms with van der Waals surface area (Å²) in [5, 5.41) is 0. The van der Waals surface area contributed by atoms with Gasteiger partial charge < -0.3 is 20.4 Å². The van der Waals surface area contributed by atoms with Gasteiger partial charge in [0.25, 0.3) is 0 Å². The van der Waals surface area contributed by atoms with Gasteiger partial charge in [-0.05, 0) is 39.3 Å². The topological polar surface area (TPSA) is 74.4 Å². The number of hydrogen-bond donors (Lipinski definition) is 1. The summed E-state index contributed by atoms with van der Waals surface area (Å²) in [6.07, 6.45) is 4.78. The first-order valence-electron chi connectivity index (χ1n) is 7.81. The zero-order valence-electron chi connectivity index (χ0n) is 13.0. The van der Waals surface area contributed by atoms with Crippen LogP contribution < -0.4 is 15.5 Å². The molecule has 0 amide bonds. The number of nitrogens with zero attached hydrogens (tertiary/aromatic N) is 6. The summed E-state index contributed by atoms with van der Waals surface area (Å²) in [5.74, 6) is 1.74. The second kappa shape index (κ2) is 6.01. The lowest BCUT2D eigenvalue weighted by atomic mass is 10.1. The van der Waals surface area contributed by atoms with E-state index in [1.54, 1.807) is 0 Å². The van der Waals surface area contributed by atoms with Gasteiger partial charge >= 0.3 is 0 Å². The van der Waals surface area contributed by atoms with Crippen molar-refractivity contribution in [3.63, 3.8) is 0 Å². The van der Waals surface area contributed by atoms with E-state index in [2.05, 4.69) is 43.7 Å². The first-order chi connectivity index (χ1) is 10.1. The van der Waals surface area contributed by atoms with Gasteiger partial charge in [0.05, 0.1) is 0 Å². The molecule has 7 nitrogen and oxygen atoms in total. The molecule has 0 radical (unpaired) electrons. The van der Waals surface area contributed by atoms with Crippen LogP contribution in [-0.4, -0.2) is 66.2 Å². The molecule has 2 saturated heterocycles. The summed E-state index contributed by atoms with van der Waals surface area (Å²) in [4.78, 5) is 20.0. The number of likely N-dealkylation sites (tertiary alicyclic amines) is 1. The highest BCUT2D eigenvalue weighted by molar-refractivity contribution is 5.44. The van der Waals surface area contributed by atoms with Crippen molar-refractivity contribution in [2.24, 2.45) is 0 Å². The number of likely N-dealkylation sites (N-methyl/N-ethyl adjacent to an activating group) is 2. The summed E-state index contributed by atoms with van der Waals surface area (Å²) in [5.41, 5.74) is 5.90. The molecule has 116 valence electrons. The molecule has 1 atom stereocenters. The molecule has 3 rings (SSSR count). The van der Waals surface area contributed by atoms with E-state index in [0.29, 0.717) is 17.9 Å². The molecule has 0 aromatic carbocycles. The van der Waals surface area contributed by atoms with Crippen LogP contribution in [0.25, 0.3) is 0 Å². The Labute approximate surface area is 126 Å². The van der Waals surface area contributed by atoms with Gasteiger partial charge in [-0.15, -0.1) is 0 Å². The molecule has 21 heavy (non-hydrogen) atoms. The lowest BCUT2D eigenvalue weighted by molar-refractivity contribution is 0.247. The minimum Gasteiger partial charge on any atom is -0.368 e. The lowest BCUT2D eigenvalue weighted by Gasteiger charge is -2.36. The van der Waals surface area contributed by atoms with Crippen molar-refractivity contribution in [1.82, 2.24) is 19.9 Å². The molecule has 0 saturated carbocycles. The lowest BCUT2D eigenvalue weighted by Crippen LogP contribution is -2.45. The Morgan fingerprint density at radius 1 is 1.10 bits per heavy atom. The standard InChI is InChI=1S/C14H25N7/c1-19-7-5-6-11(10-19)20(2)13-16-12(15)17-14(18-13)21-8-3-4-9-21/h11H,3-10H2,1-2H3,(H2,15,16,17,18). The van der Waals surface area contributed by atoms with Crippen LogP contribution in [0.5, 0.6) is 0 Å². The van der Waals surface area contributed by atoms with Gasteiger partial charge in [0, 0.05) is 32.7 Å². The highest BCUT2D eigenvalue weighted by Crippen LogP contribution is 2.22. The van der Waals surface area contributed by atoms with Crippen molar-refractivity contribution in [1.29, 1.82) is 0 Å². The molecular formula is C14H25N7. The predicted octanol–water partition coefficient (Wildman–Crippen LogP) is 0.584. The molecule has 0 bridgehead atoms. The van der Waals surface area contributed by atoms with Crippen LogP contribution in [0.4, 0.5) is 17.8 Å². The van der Waals surface area contributed by atoms with E-state index in [4.69, 9.17) is 5.73 Å². The number of rotatable bonds is 3. The minimum atomic E-state index is 0.318. The molecule has 2 fully saturated rings. The van der Waals surface area contributed by atoms with Crippen molar-refractivity contribution in [3.05, 3.63) is 0 Å². The molecule has 7 heteroatoms. The van der Waals surface area contributed by atoms with E-state index in [1.807, 2.05) is 0 Å². The molecule has 3 heterocycles. The Morgan fingerprint density at radius 2 is 1.86 bits per heavy atom. The second-order valence-electron chi connectivity index (χ2n) is 6.16. The molecule has 2 N–H and O–H groups in total. The quantitative estimate of drug-likeness (QED) is 0.873. The highest BCUT2D eigenvalue weighted by atomic mass is 15.4. The highest BCUT2D eigenvalue weighted by Gasteiger charge is 2.24. The van der Waals surface area contributed by atoms with Crippen molar-refractivity contribution >= 4 is 17.8 Å². The Balaban J connectivity index is 1.80. The second-order valence-corrected chi connectivity index (χ2v) is 6.16. The molecule has 2 aliphatic rings. The van der Waals surface area contributed by atoms with Gasteiger partial charge in [-0.3, -0.25) is 0 Å². The van der Waals surface area contributed by atoms with Crippen LogP contribution in [0, 0.1) is 0 Å². The molecule has 1 aromatic heterocycles. The molecule has 0 spiro atoms. The fraction of sp³-hybridized carbons (Fsp3) is 0.786. The van der Waals surface area contributed by atoms with E-state index < -0.39 is 0 Å². The molecule has 2 aliphatic heterocycles. The van der Waals surface area contributed by atoms with Gasteiger partial charge in [-0.1, -0.05) is 0 Å². The Bertz CT molecular complexity index is 486. The van der Waals surface area contributed by atoms with Crippen molar-refractivity contribution in [3.8, 4) is 0 Å².